The van der Waals surface area contributed by atoms with E-state index in [2.05, 4.69) is 0 Å². The lowest BCUT2D eigenvalue weighted by Crippen LogP contribution is -2.18. The van der Waals surface area contributed by atoms with Crippen LogP contribution in [0, 0.1) is 18.8 Å². The average Bonchev–Trinajstić information content (AvgIpc) is 3.06. The van der Waals surface area contributed by atoms with Gasteiger partial charge in [0.1, 0.15) is 5.75 Å². The maximum absolute atomic E-state index is 9.20. The van der Waals surface area contributed by atoms with Gasteiger partial charge in [0.25, 0.3) is 0 Å². The second kappa shape index (κ2) is 4.67. The number of hydrogen-bond donors (Lipinski definition) is 1. The van der Waals surface area contributed by atoms with E-state index in [0.29, 0.717) is 18.4 Å². The van der Waals surface area contributed by atoms with E-state index >= 15 is 0 Å². The van der Waals surface area contributed by atoms with Gasteiger partial charge >= 0.3 is 0 Å². The minimum atomic E-state index is 0.247. The number of aliphatic hydroxyl groups excluding tert-OH is 1. The molecule has 1 aromatic rings. The van der Waals surface area contributed by atoms with Gasteiger partial charge in [-0.3, -0.25) is 0 Å². The lowest BCUT2D eigenvalue weighted by atomic mass is 10.1. The molecule has 0 radical (unpaired) electrons. The van der Waals surface area contributed by atoms with Crippen LogP contribution in [0.4, 0.5) is 0 Å². The van der Waals surface area contributed by atoms with Gasteiger partial charge in [-0.25, -0.2) is 0 Å². The highest BCUT2D eigenvalue weighted by Gasteiger charge is 2.31. The molecule has 1 aliphatic carbocycles. The first-order valence-corrected chi connectivity index (χ1v) is 5.60. The van der Waals surface area contributed by atoms with Crippen molar-refractivity contribution in [1.29, 1.82) is 0 Å². The minimum Gasteiger partial charge on any atom is -0.493 e. The molecule has 1 unspecified atom stereocenters. The van der Waals surface area contributed by atoms with Crippen molar-refractivity contribution in [2.45, 2.75) is 19.8 Å². The normalized spacial score (nSPS) is 17.5. The fraction of sp³-hybridized carbons (Fsp3) is 0.538. The highest BCUT2D eigenvalue weighted by molar-refractivity contribution is 5.31. The average molecular weight is 206 g/mol. The van der Waals surface area contributed by atoms with E-state index in [4.69, 9.17) is 4.74 Å². The zero-order valence-corrected chi connectivity index (χ0v) is 9.15. The van der Waals surface area contributed by atoms with Crippen LogP contribution in [0.2, 0.25) is 0 Å². The fourth-order valence-electron chi connectivity index (χ4n) is 1.82. The Morgan fingerprint density at radius 3 is 2.73 bits per heavy atom. The summed E-state index contributed by atoms with van der Waals surface area (Å²) in [6, 6.07) is 8.01. The van der Waals surface area contributed by atoms with Gasteiger partial charge in [-0.1, -0.05) is 18.2 Å². The van der Waals surface area contributed by atoms with Crippen molar-refractivity contribution < 1.29 is 9.84 Å². The first-order chi connectivity index (χ1) is 7.31. The van der Waals surface area contributed by atoms with Crippen molar-refractivity contribution in [2.75, 3.05) is 13.2 Å². The first-order valence-electron chi connectivity index (χ1n) is 5.60. The van der Waals surface area contributed by atoms with Gasteiger partial charge in [0.05, 0.1) is 6.61 Å². The molecule has 0 heterocycles. The number of rotatable bonds is 5. The quantitative estimate of drug-likeness (QED) is 0.801. The smallest absolute Gasteiger partial charge is 0.122 e. The van der Waals surface area contributed by atoms with Crippen LogP contribution < -0.4 is 4.74 Å². The van der Waals surface area contributed by atoms with E-state index in [0.717, 1.165) is 11.3 Å². The molecule has 1 fully saturated rings. The van der Waals surface area contributed by atoms with Gasteiger partial charge in [0.2, 0.25) is 0 Å². The van der Waals surface area contributed by atoms with E-state index in [9.17, 15) is 5.11 Å². The van der Waals surface area contributed by atoms with Crippen molar-refractivity contribution in [3.8, 4) is 5.75 Å². The Balaban J connectivity index is 1.89. The topological polar surface area (TPSA) is 29.5 Å². The lowest BCUT2D eigenvalue weighted by Gasteiger charge is -2.15. The Hall–Kier alpha value is -1.02. The molecule has 0 aliphatic heterocycles. The number of aliphatic hydroxyl groups is 1. The van der Waals surface area contributed by atoms with E-state index in [1.165, 1.54) is 12.8 Å². The molecule has 1 aromatic carbocycles. The zero-order chi connectivity index (χ0) is 10.7. The molecule has 1 aliphatic rings. The molecule has 2 rings (SSSR count). The van der Waals surface area contributed by atoms with Gasteiger partial charge in [-0.2, -0.15) is 0 Å². The predicted molar refractivity (Wildman–Crippen MR) is 60.0 cm³/mol. The molecule has 0 saturated heterocycles. The lowest BCUT2D eigenvalue weighted by molar-refractivity contribution is 0.147. The van der Waals surface area contributed by atoms with Crippen LogP contribution in [0.5, 0.6) is 5.75 Å². The van der Waals surface area contributed by atoms with Crippen LogP contribution in [0.15, 0.2) is 24.3 Å². The number of hydrogen-bond acceptors (Lipinski definition) is 2. The van der Waals surface area contributed by atoms with Gasteiger partial charge in [-0.15, -0.1) is 0 Å². The number of ether oxygens (including phenoxy) is 1. The van der Waals surface area contributed by atoms with E-state index in [-0.39, 0.29) is 6.61 Å². The molecule has 82 valence electrons. The second-order valence-electron chi connectivity index (χ2n) is 4.36. The van der Waals surface area contributed by atoms with E-state index < -0.39 is 0 Å². The molecule has 0 bridgehead atoms. The maximum atomic E-state index is 9.20. The van der Waals surface area contributed by atoms with Gasteiger partial charge in [0, 0.05) is 12.5 Å². The second-order valence-corrected chi connectivity index (χ2v) is 4.36. The summed E-state index contributed by atoms with van der Waals surface area (Å²) >= 11 is 0. The Morgan fingerprint density at radius 2 is 2.13 bits per heavy atom. The van der Waals surface area contributed by atoms with Crippen LogP contribution in [-0.4, -0.2) is 18.3 Å². The fourth-order valence-corrected chi connectivity index (χ4v) is 1.82. The predicted octanol–water partition coefficient (Wildman–Crippen LogP) is 2.39. The summed E-state index contributed by atoms with van der Waals surface area (Å²) in [7, 11) is 0. The Labute approximate surface area is 90.9 Å². The standard InChI is InChI=1S/C13H18O2/c1-10-4-2-3-5-13(10)15-9-12(8-14)11-6-7-11/h2-5,11-12,14H,6-9H2,1H3. The Kier molecular flexibility index (Phi) is 3.27. The third-order valence-corrected chi connectivity index (χ3v) is 3.07. The summed E-state index contributed by atoms with van der Waals surface area (Å²) in [5.74, 6) is 1.96. The minimum absolute atomic E-state index is 0.247. The third kappa shape index (κ3) is 2.72. The van der Waals surface area contributed by atoms with Crippen molar-refractivity contribution in [1.82, 2.24) is 0 Å². The van der Waals surface area contributed by atoms with Crippen LogP contribution in [0.3, 0.4) is 0 Å². The molecule has 0 aromatic heterocycles. The van der Waals surface area contributed by atoms with Crippen LogP contribution in [0.1, 0.15) is 18.4 Å². The Morgan fingerprint density at radius 1 is 1.40 bits per heavy atom. The molecule has 0 amide bonds. The summed E-state index contributed by atoms with van der Waals surface area (Å²) in [6.07, 6.45) is 2.50. The number of benzene rings is 1. The maximum Gasteiger partial charge on any atom is 0.122 e. The molecule has 1 N–H and O–H groups in total. The van der Waals surface area contributed by atoms with Crippen molar-refractivity contribution in [3.63, 3.8) is 0 Å². The number of aryl methyl sites for hydroxylation is 1. The van der Waals surface area contributed by atoms with Crippen molar-refractivity contribution in [3.05, 3.63) is 29.8 Å². The molecular formula is C13H18O2. The Bertz CT molecular complexity index is 318. The highest BCUT2D eigenvalue weighted by atomic mass is 16.5. The van der Waals surface area contributed by atoms with Gasteiger partial charge < -0.3 is 9.84 Å². The summed E-state index contributed by atoms with van der Waals surface area (Å²) < 4.78 is 5.73. The largest absolute Gasteiger partial charge is 0.493 e. The van der Waals surface area contributed by atoms with Crippen LogP contribution in [-0.2, 0) is 0 Å². The van der Waals surface area contributed by atoms with Crippen molar-refractivity contribution in [2.24, 2.45) is 11.8 Å². The SMILES string of the molecule is Cc1ccccc1OCC(CO)C1CC1. The third-order valence-electron chi connectivity index (χ3n) is 3.07. The molecule has 2 heteroatoms. The molecule has 0 spiro atoms. The molecule has 2 nitrogen and oxygen atoms in total. The summed E-state index contributed by atoms with van der Waals surface area (Å²) in [6.45, 7) is 2.93. The monoisotopic (exact) mass is 206 g/mol. The number of para-hydroxylation sites is 1. The van der Waals surface area contributed by atoms with E-state index in [1.807, 2.05) is 31.2 Å². The van der Waals surface area contributed by atoms with Crippen LogP contribution in [0.25, 0.3) is 0 Å². The molecule has 1 atom stereocenters. The first kappa shape index (κ1) is 10.5. The molecular weight excluding hydrogens is 188 g/mol. The van der Waals surface area contributed by atoms with Gasteiger partial charge in [-0.05, 0) is 37.3 Å². The molecule has 1 saturated carbocycles. The van der Waals surface area contributed by atoms with E-state index in [1.54, 1.807) is 0 Å². The van der Waals surface area contributed by atoms with Crippen LogP contribution >= 0.6 is 0 Å². The summed E-state index contributed by atoms with van der Waals surface area (Å²) in [5, 5.41) is 9.20. The molecule has 15 heavy (non-hydrogen) atoms. The summed E-state index contributed by atoms with van der Waals surface area (Å²) in [4.78, 5) is 0. The zero-order valence-electron chi connectivity index (χ0n) is 9.15. The summed E-state index contributed by atoms with van der Waals surface area (Å²) in [5.41, 5.74) is 1.16. The highest BCUT2D eigenvalue weighted by Crippen LogP contribution is 2.36. The van der Waals surface area contributed by atoms with Crippen molar-refractivity contribution >= 4 is 0 Å². The van der Waals surface area contributed by atoms with Gasteiger partial charge in [0.15, 0.2) is 0 Å².